The van der Waals surface area contributed by atoms with E-state index in [0.29, 0.717) is 19.1 Å². The van der Waals surface area contributed by atoms with E-state index in [1.165, 1.54) is 27.8 Å². The quantitative estimate of drug-likeness (QED) is 0.764. The van der Waals surface area contributed by atoms with Gasteiger partial charge >= 0.3 is 0 Å². The van der Waals surface area contributed by atoms with Crippen LogP contribution in [-0.4, -0.2) is 28.0 Å². The number of nitrogens with zero attached hydrogens (tertiary/aromatic N) is 2. The van der Waals surface area contributed by atoms with Crippen molar-refractivity contribution in [1.82, 2.24) is 9.55 Å². The van der Waals surface area contributed by atoms with Crippen LogP contribution in [0.3, 0.4) is 0 Å². The smallest absolute Gasteiger partial charge is 0.187 e. The molecular weight excluding hydrogens is 324 g/mol. The third kappa shape index (κ3) is 3.86. The van der Waals surface area contributed by atoms with Crippen molar-refractivity contribution in [2.45, 2.75) is 72.8 Å². The Morgan fingerprint density at radius 3 is 2.42 bits per heavy atom. The van der Waals surface area contributed by atoms with Crippen LogP contribution >= 0.6 is 0 Å². The molecule has 2 unspecified atom stereocenters. The Labute approximate surface area is 157 Å². The predicted octanol–water partition coefficient (Wildman–Crippen LogP) is 4.52. The van der Waals surface area contributed by atoms with Crippen molar-refractivity contribution in [2.24, 2.45) is 5.92 Å². The van der Waals surface area contributed by atoms with Crippen LogP contribution in [0.25, 0.3) is 0 Å². The molecule has 1 fully saturated rings. The van der Waals surface area contributed by atoms with Gasteiger partial charge in [-0.1, -0.05) is 19.9 Å². The minimum atomic E-state index is -0.577. The highest BCUT2D eigenvalue weighted by molar-refractivity contribution is 5.44. The van der Waals surface area contributed by atoms with Crippen molar-refractivity contribution in [3.63, 3.8) is 0 Å². The molecule has 142 valence electrons. The van der Waals surface area contributed by atoms with E-state index in [-0.39, 0.29) is 6.10 Å². The molecule has 0 radical (unpaired) electrons. The predicted molar refractivity (Wildman–Crippen MR) is 104 cm³/mol. The molecule has 3 rings (SSSR count). The van der Waals surface area contributed by atoms with E-state index in [2.05, 4.69) is 57.2 Å². The van der Waals surface area contributed by atoms with Crippen molar-refractivity contribution in [3.8, 4) is 0 Å². The monoisotopic (exact) mass is 356 g/mol. The largest absolute Gasteiger partial charge is 0.345 e. The molecule has 1 aliphatic rings. The topological polar surface area (TPSA) is 36.3 Å². The Bertz CT molecular complexity index is 726. The number of aryl methyl sites for hydroxylation is 2. The van der Waals surface area contributed by atoms with Gasteiger partial charge < -0.3 is 14.0 Å². The van der Waals surface area contributed by atoms with Gasteiger partial charge in [-0.2, -0.15) is 0 Å². The van der Waals surface area contributed by atoms with E-state index >= 15 is 0 Å². The molecule has 1 aromatic carbocycles. The van der Waals surface area contributed by atoms with E-state index in [1.54, 1.807) is 6.20 Å². The first-order valence-corrected chi connectivity index (χ1v) is 9.65. The summed E-state index contributed by atoms with van der Waals surface area (Å²) in [5, 5.41) is 0. The SMILES string of the molecule is Cc1cc(C)c(C)c(CCC2(Cn3ccnc3)OCC(C(C)C)O2)c1C. The van der Waals surface area contributed by atoms with Gasteiger partial charge in [0.1, 0.15) is 0 Å². The van der Waals surface area contributed by atoms with Gasteiger partial charge in [0.25, 0.3) is 0 Å². The van der Waals surface area contributed by atoms with Crippen LogP contribution in [0.4, 0.5) is 0 Å². The van der Waals surface area contributed by atoms with Gasteiger partial charge in [0.05, 0.1) is 25.6 Å². The molecule has 2 atom stereocenters. The summed E-state index contributed by atoms with van der Waals surface area (Å²) in [5.74, 6) is -0.129. The first kappa shape index (κ1) is 19.1. The molecule has 0 spiro atoms. The van der Waals surface area contributed by atoms with Gasteiger partial charge in [-0.05, 0) is 67.9 Å². The van der Waals surface area contributed by atoms with Gasteiger partial charge in [-0.3, -0.25) is 0 Å². The van der Waals surface area contributed by atoms with Crippen molar-refractivity contribution in [1.29, 1.82) is 0 Å². The Kier molecular flexibility index (Phi) is 5.54. The van der Waals surface area contributed by atoms with Gasteiger partial charge in [0, 0.05) is 18.8 Å². The number of benzene rings is 1. The molecular formula is C22H32N2O2. The minimum Gasteiger partial charge on any atom is -0.345 e. The fourth-order valence-corrected chi connectivity index (χ4v) is 3.85. The van der Waals surface area contributed by atoms with Crippen molar-refractivity contribution < 1.29 is 9.47 Å². The Morgan fingerprint density at radius 2 is 1.88 bits per heavy atom. The molecule has 1 saturated heterocycles. The summed E-state index contributed by atoms with van der Waals surface area (Å²) in [6.07, 6.45) is 7.58. The summed E-state index contributed by atoms with van der Waals surface area (Å²) >= 11 is 0. The maximum atomic E-state index is 6.47. The van der Waals surface area contributed by atoms with E-state index < -0.39 is 5.79 Å². The summed E-state index contributed by atoms with van der Waals surface area (Å²) in [5.41, 5.74) is 6.95. The second-order valence-corrected chi connectivity index (χ2v) is 8.10. The zero-order valence-electron chi connectivity index (χ0n) is 17.0. The van der Waals surface area contributed by atoms with E-state index in [9.17, 15) is 0 Å². The summed E-state index contributed by atoms with van der Waals surface area (Å²) in [7, 11) is 0. The van der Waals surface area contributed by atoms with Crippen LogP contribution in [-0.2, 0) is 22.4 Å². The average molecular weight is 357 g/mol. The van der Waals surface area contributed by atoms with Crippen molar-refractivity contribution >= 4 is 0 Å². The van der Waals surface area contributed by atoms with Crippen LogP contribution in [0.15, 0.2) is 24.8 Å². The lowest BCUT2D eigenvalue weighted by Crippen LogP contribution is -2.37. The standard InChI is InChI=1S/C22H32N2O2/c1-15(2)21-12-25-22(26-21,13-24-10-9-23-14-24)8-7-20-18(5)16(3)11-17(4)19(20)6/h9-11,14-15,21H,7-8,12-13H2,1-6H3. The molecule has 26 heavy (non-hydrogen) atoms. The van der Waals surface area contributed by atoms with Gasteiger partial charge in [0.15, 0.2) is 5.79 Å². The molecule has 0 bridgehead atoms. The molecule has 4 nitrogen and oxygen atoms in total. The van der Waals surface area contributed by atoms with E-state index in [4.69, 9.17) is 9.47 Å². The van der Waals surface area contributed by atoms with Crippen LogP contribution in [0.2, 0.25) is 0 Å². The summed E-state index contributed by atoms with van der Waals surface area (Å²) in [6, 6.07) is 2.28. The lowest BCUT2D eigenvalue weighted by atomic mass is 9.90. The lowest BCUT2D eigenvalue weighted by molar-refractivity contribution is -0.185. The molecule has 1 aliphatic heterocycles. The molecule has 0 amide bonds. The molecule has 1 aromatic heterocycles. The Balaban J connectivity index is 1.83. The summed E-state index contributed by atoms with van der Waals surface area (Å²) < 4.78 is 14.8. The zero-order chi connectivity index (χ0) is 18.9. The number of imidazole rings is 1. The molecule has 2 heterocycles. The second kappa shape index (κ2) is 7.53. The average Bonchev–Trinajstić information content (AvgIpc) is 3.24. The Hall–Kier alpha value is -1.65. The fraction of sp³-hybridized carbons (Fsp3) is 0.591. The first-order valence-electron chi connectivity index (χ1n) is 9.65. The maximum Gasteiger partial charge on any atom is 0.187 e. The molecule has 4 heteroatoms. The molecule has 2 aromatic rings. The number of ether oxygens (including phenoxy) is 2. The highest BCUT2D eigenvalue weighted by atomic mass is 16.7. The third-order valence-electron chi connectivity index (χ3n) is 5.88. The second-order valence-electron chi connectivity index (χ2n) is 8.10. The lowest BCUT2D eigenvalue weighted by Gasteiger charge is -2.30. The van der Waals surface area contributed by atoms with Gasteiger partial charge in [0.2, 0.25) is 0 Å². The van der Waals surface area contributed by atoms with Crippen LogP contribution in [0, 0.1) is 33.6 Å². The number of rotatable bonds is 6. The molecule has 0 N–H and O–H groups in total. The molecule has 0 saturated carbocycles. The number of hydrogen-bond acceptors (Lipinski definition) is 3. The van der Waals surface area contributed by atoms with E-state index in [1.807, 2.05) is 12.5 Å². The third-order valence-corrected chi connectivity index (χ3v) is 5.88. The minimum absolute atomic E-state index is 0.153. The maximum absolute atomic E-state index is 6.47. The number of aromatic nitrogens is 2. The summed E-state index contributed by atoms with van der Waals surface area (Å²) in [6.45, 7) is 14.6. The van der Waals surface area contributed by atoms with Gasteiger partial charge in [-0.25, -0.2) is 4.98 Å². The molecule has 0 aliphatic carbocycles. The van der Waals surface area contributed by atoms with Crippen molar-refractivity contribution in [3.05, 3.63) is 52.6 Å². The highest BCUT2D eigenvalue weighted by Gasteiger charge is 2.42. The van der Waals surface area contributed by atoms with Crippen LogP contribution < -0.4 is 0 Å². The van der Waals surface area contributed by atoms with E-state index in [0.717, 1.165) is 12.8 Å². The highest BCUT2D eigenvalue weighted by Crippen LogP contribution is 2.34. The number of hydrogen-bond donors (Lipinski definition) is 0. The zero-order valence-corrected chi connectivity index (χ0v) is 17.0. The fourth-order valence-electron chi connectivity index (χ4n) is 3.85. The van der Waals surface area contributed by atoms with Crippen LogP contribution in [0.1, 0.15) is 48.1 Å². The first-order chi connectivity index (χ1) is 12.3. The Morgan fingerprint density at radius 1 is 1.19 bits per heavy atom. The summed E-state index contributed by atoms with van der Waals surface area (Å²) in [4.78, 5) is 4.17. The van der Waals surface area contributed by atoms with Crippen LogP contribution in [0.5, 0.6) is 0 Å². The normalized spacial score (nSPS) is 23.1. The van der Waals surface area contributed by atoms with Gasteiger partial charge in [-0.15, -0.1) is 0 Å². The van der Waals surface area contributed by atoms with Crippen molar-refractivity contribution in [2.75, 3.05) is 6.61 Å².